The normalized spacial score (nSPS) is 11.2. The lowest BCUT2D eigenvalue weighted by atomic mass is 10.2. The van der Waals surface area contributed by atoms with Crippen LogP contribution in [0.4, 0.5) is 5.69 Å². The van der Waals surface area contributed by atoms with Crippen molar-refractivity contribution in [2.24, 2.45) is 0 Å². The molecule has 2 heterocycles. The first kappa shape index (κ1) is 15.2. The molecule has 0 aliphatic rings. The third-order valence-electron chi connectivity index (χ3n) is 3.55. The van der Waals surface area contributed by atoms with Crippen LogP contribution in [0, 0.1) is 6.92 Å². The Kier molecular flexibility index (Phi) is 3.95. The van der Waals surface area contributed by atoms with Crippen LogP contribution in [0.25, 0.3) is 15.2 Å². The summed E-state index contributed by atoms with van der Waals surface area (Å²) >= 11 is 2.99. The van der Waals surface area contributed by atoms with Crippen LogP contribution in [0.2, 0.25) is 0 Å². The van der Waals surface area contributed by atoms with Gasteiger partial charge in [-0.15, -0.1) is 10.2 Å². The van der Waals surface area contributed by atoms with E-state index in [0.29, 0.717) is 5.75 Å². The number of hydrogen-bond donors (Lipinski definition) is 1. The smallest absolute Gasteiger partial charge is 0.234 e. The van der Waals surface area contributed by atoms with E-state index in [-0.39, 0.29) is 5.91 Å². The monoisotopic (exact) mass is 354 g/mol. The molecule has 0 spiro atoms. The fourth-order valence-corrected chi connectivity index (χ4v) is 4.27. The summed E-state index contributed by atoms with van der Waals surface area (Å²) in [5, 5.41) is 12.1. The maximum Gasteiger partial charge on any atom is 0.234 e. The number of fused-ring (bicyclic) bond motifs is 3. The number of hydrogen-bond acceptors (Lipinski definition) is 5. The molecule has 120 valence electrons. The van der Waals surface area contributed by atoms with Crippen LogP contribution in [0.5, 0.6) is 0 Å². The van der Waals surface area contributed by atoms with Gasteiger partial charge in [-0.3, -0.25) is 9.20 Å². The minimum atomic E-state index is -0.0538. The van der Waals surface area contributed by atoms with E-state index in [1.54, 1.807) is 11.3 Å². The first-order chi connectivity index (χ1) is 11.7. The van der Waals surface area contributed by atoms with Crippen LogP contribution >= 0.6 is 23.1 Å². The molecule has 5 nitrogen and oxygen atoms in total. The van der Waals surface area contributed by atoms with Crippen molar-refractivity contribution >= 4 is 49.9 Å². The van der Waals surface area contributed by atoms with Gasteiger partial charge in [0.15, 0.2) is 5.16 Å². The van der Waals surface area contributed by atoms with Crippen molar-refractivity contribution in [3.8, 4) is 0 Å². The van der Waals surface area contributed by atoms with E-state index in [1.807, 2.05) is 53.8 Å². The largest absolute Gasteiger partial charge is 0.325 e. The Labute approximate surface area is 146 Å². The molecule has 0 bridgehead atoms. The Morgan fingerprint density at radius 3 is 2.96 bits per heavy atom. The molecule has 0 aliphatic carbocycles. The highest BCUT2D eigenvalue weighted by Gasteiger charge is 2.14. The molecular weight excluding hydrogens is 340 g/mol. The molecule has 7 heteroatoms. The second-order valence-electron chi connectivity index (χ2n) is 5.38. The van der Waals surface area contributed by atoms with E-state index in [0.717, 1.165) is 31.6 Å². The molecule has 1 amide bonds. The summed E-state index contributed by atoms with van der Waals surface area (Å²) in [6.07, 6.45) is 0. The maximum absolute atomic E-state index is 12.2. The van der Waals surface area contributed by atoms with Gasteiger partial charge in [0, 0.05) is 5.69 Å². The second kappa shape index (κ2) is 6.26. The fourth-order valence-electron chi connectivity index (χ4n) is 2.50. The molecule has 0 saturated heterocycles. The third-order valence-corrected chi connectivity index (χ3v) is 5.49. The van der Waals surface area contributed by atoms with Crippen molar-refractivity contribution in [1.82, 2.24) is 14.6 Å². The van der Waals surface area contributed by atoms with Gasteiger partial charge in [0.05, 0.1) is 16.0 Å². The number of nitrogens with zero attached hydrogens (tertiary/aromatic N) is 3. The summed E-state index contributed by atoms with van der Waals surface area (Å²) in [5.41, 5.74) is 3.00. The van der Waals surface area contributed by atoms with Crippen LogP contribution < -0.4 is 5.32 Å². The standard InChI is InChI=1S/C17H14N4OS2/c1-11-5-4-6-12(9-11)18-15(22)10-23-16-19-20-17-21(16)13-7-2-3-8-14(13)24-17/h2-9H,10H2,1H3,(H,18,22). The zero-order valence-electron chi connectivity index (χ0n) is 12.9. The van der Waals surface area contributed by atoms with E-state index < -0.39 is 0 Å². The summed E-state index contributed by atoms with van der Waals surface area (Å²) in [6, 6.07) is 15.9. The molecule has 2 aromatic carbocycles. The van der Waals surface area contributed by atoms with Crippen molar-refractivity contribution in [3.63, 3.8) is 0 Å². The number of thiazole rings is 1. The SMILES string of the molecule is Cc1cccc(NC(=O)CSc2nnc3sc4ccccc4n23)c1. The number of thioether (sulfide) groups is 1. The van der Waals surface area contributed by atoms with Crippen LogP contribution in [0.1, 0.15) is 5.56 Å². The summed E-state index contributed by atoms with van der Waals surface area (Å²) in [7, 11) is 0. The Morgan fingerprint density at radius 1 is 1.21 bits per heavy atom. The molecule has 0 fully saturated rings. The molecule has 0 unspecified atom stereocenters. The molecule has 0 aliphatic heterocycles. The molecule has 1 N–H and O–H groups in total. The molecular formula is C17H14N4OS2. The van der Waals surface area contributed by atoms with Crippen molar-refractivity contribution < 1.29 is 4.79 Å². The Bertz CT molecular complexity index is 1040. The van der Waals surface area contributed by atoms with E-state index in [4.69, 9.17) is 0 Å². The summed E-state index contributed by atoms with van der Waals surface area (Å²) in [6.45, 7) is 2.00. The maximum atomic E-state index is 12.2. The van der Waals surface area contributed by atoms with Crippen LogP contribution in [-0.2, 0) is 4.79 Å². The van der Waals surface area contributed by atoms with E-state index >= 15 is 0 Å². The zero-order valence-corrected chi connectivity index (χ0v) is 14.5. The number of nitrogens with one attached hydrogen (secondary N) is 1. The fraction of sp³-hybridized carbons (Fsp3) is 0.118. The van der Waals surface area contributed by atoms with E-state index in [1.165, 1.54) is 11.8 Å². The number of aromatic nitrogens is 3. The van der Waals surface area contributed by atoms with Crippen LogP contribution in [0.15, 0.2) is 53.7 Å². The molecule has 0 atom stereocenters. The minimum Gasteiger partial charge on any atom is -0.325 e. The average Bonchev–Trinajstić information content (AvgIpc) is 3.12. The van der Waals surface area contributed by atoms with Gasteiger partial charge in [-0.2, -0.15) is 0 Å². The van der Waals surface area contributed by atoms with Crippen LogP contribution in [-0.4, -0.2) is 26.3 Å². The number of carbonyl (C=O) groups is 1. The van der Waals surface area contributed by atoms with Crippen molar-refractivity contribution in [2.45, 2.75) is 12.1 Å². The molecule has 4 rings (SSSR count). The summed E-state index contributed by atoms with van der Waals surface area (Å²) < 4.78 is 3.17. The van der Waals surface area contributed by atoms with Crippen molar-refractivity contribution in [2.75, 3.05) is 11.1 Å². The predicted molar refractivity (Wildman–Crippen MR) is 98.9 cm³/mol. The van der Waals surface area contributed by atoms with Crippen molar-refractivity contribution in [3.05, 3.63) is 54.1 Å². The highest BCUT2D eigenvalue weighted by Crippen LogP contribution is 2.29. The molecule has 0 saturated carbocycles. The number of amides is 1. The number of aryl methyl sites for hydroxylation is 1. The van der Waals surface area contributed by atoms with Gasteiger partial charge in [0.25, 0.3) is 0 Å². The van der Waals surface area contributed by atoms with Crippen molar-refractivity contribution in [1.29, 1.82) is 0 Å². The van der Waals surface area contributed by atoms with Gasteiger partial charge in [-0.1, -0.05) is 47.4 Å². The number of benzene rings is 2. The van der Waals surface area contributed by atoms with Gasteiger partial charge in [-0.25, -0.2) is 0 Å². The molecule has 2 aromatic heterocycles. The number of para-hydroxylation sites is 1. The van der Waals surface area contributed by atoms with Gasteiger partial charge in [0.2, 0.25) is 10.9 Å². The Balaban J connectivity index is 1.51. The Hall–Kier alpha value is -2.38. The summed E-state index contributed by atoms with van der Waals surface area (Å²) in [4.78, 5) is 13.0. The number of rotatable bonds is 4. The topological polar surface area (TPSA) is 59.3 Å². The average molecular weight is 354 g/mol. The third kappa shape index (κ3) is 2.88. The lowest BCUT2D eigenvalue weighted by Crippen LogP contribution is -2.14. The number of anilines is 1. The predicted octanol–water partition coefficient (Wildman–Crippen LogP) is 3.98. The Morgan fingerprint density at radius 2 is 2.08 bits per heavy atom. The highest BCUT2D eigenvalue weighted by molar-refractivity contribution is 7.99. The van der Waals surface area contributed by atoms with Gasteiger partial charge >= 0.3 is 0 Å². The summed E-state index contributed by atoms with van der Waals surface area (Å²) in [5.74, 6) is 0.237. The van der Waals surface area contributed by atoms with E-state index in [2.05, 4.69) is 21.6 Å². The molecule has 24 heavy (non-hydrogen) atoms. The second-order valence-corrected chi connectivity index (χ2v) is 7.33. The quantitative estimate of drug-likeness (QED) is 0.563. The van der Waals surface area contributed by atoms with E-state index in [9.17, 15) is 4.79 Å². The first-order valence-electron chi connectivity index (χ1n) is 7.43. The lowest BCUT2D eigenvalue weighted by molar-refractivity contribution is -0.113. The number of carbonyl (C=O) groups excluding carboxylic acids is 1. The first-order valence-corrected chi connectivity index (χ1v) is 9.23. The molecule has 0 radical (unpaired) electrons. The molecule has 4 aromatic rings. The van der Waals surface area contributed by atoms with Gasteiger partial charge < -0.3 is 5.32 Å². The lowest BCUT2D eigenvalue weighted by Gasteiger charge is -2.05. The highest BCUT2D eigenvalue weighted by atomic mass is 32.2. The minimum absolute atomic E-state index is 0.0538. The van der Waals surface area contributed by atoms with Crippen LogP contribution in [0.3, 0.4) is 0 Å². The zero-order chi connectivity index (χ0) is 16.5. The van der Waals surface area contributed by atoms with Gasteiger partial charge in [0.1, 0.15) is 0 Å². The van der Waals surface area contributed by atoms with Gasteiger partial charge in [-0.05, 0) is 36.8 Å².